The summed E-state index contributed by atoms with van der Waals surface area (Å²) >= 11 is 0. The van der Waals surface area contributed by atoms with Crippen molar-refractivity contribution in [2.24, 2.45) is 0 Å². The largest absolute Gasteiger partial charge is 0.372 e. The van der Waals surface area contributed by atoms with Gasteiger partial charge in [0, 0.05) is 37.6 Å². The summed E-state index contributed by atoms with van der Waals surface area (Å²) in [7, 11) is 0. The molecule has 152 valence electrons. The summed E-state index contributed by atoms with van der Waals surface area (Å²) in [5.74, 6) is 0. The summed E-state index contributed by atoms with van der Waals surface area (Å²) in [4.78, 5) is 7.10. The van der Waals surface area contributed by atoms with Gasteiger partial charge in [-0.3, -0.25) is 4.40 Å². The maximum atomic E-state index is 5.93. The fourth-order valence-electron chi connectivity index (χ4n) is 4.04. The number of hydrogen-bond donors (Lipinski definition) is 0. The number of nitrogens with zero attached hydrogens (tertiary/aromatic N) is 3. The van der Waals surface area contributed by atoms with Crippen molar-refractivity contribution in [3.05, 3.63) is 48.7 Å². The molecule has 0 amide bonds. The van der Waals surface area contributed by atoms with Crippen LogP contribution in [-0.2, 0) is 14.2 Å². The number of benzene rings is 1. The molecule has 5 rings (SSSR count). The van der Waals surface area contributed by atoms with E-state index < -0.39 is 0 Å². The second-order valence-electron chi connectivity index (χ2n) is 7.74. The molecule has 2 aromatic heterocycles. The first-order valence-corrected chi connectivity index (χ1v) is 10.4. The highest BCUT2D eigenvalue weighted by Gasteiger charge is 2.28. The number of fused-ring (bicyclic) bond motifs is 3. The minimum Gasteiger partial charge on any atom is -0.372 e. The van der Waals surface area contributed by atoms with Crippen LogP contribution in [0.15, 0.2) is 43.1 Å². The number of rotatable bonds is 7. The summed E-state index contributed by atoms with van der Waals surface area (Å²) in [6, 6.07) is 10.5. The van der Waals surface area contributed by atoms with Crippen molar-refractivity contribution in [1.29, 1.82) is 0 Å². The zero-order valence-electron chi connectivity index (χ0n) is 16.6. The maximum absolute atomic E-state index is 5.93. The first-order chi connectivity index (χ1) is 14.3. The van der Waals surface area contributed by atoms with E-state index in [1.807, 2.05) is 6.08 Å². The molecule has 29 heavy (non-hydrogen) atoms. The van der Waals surface area contributed by atoms with Crippen molar-refractivity contribution in [3.63, 3.8) is 0 Å². The monoisotopic (exact) mass is 393 g/mol. The molecule has 0 radical (unpaired) electrons. The Balaban J connectivity index is 1.15. The first-order valence-electron chi connectivity index (χ1n) is 10.4. The minimum absolute atomic E-state index is 0.0374. The van der Waals surface area contributed by atoms with Gasteiger partial charge >= 0.3 is 0 Å². The van der Waals surface area contributed by atoms with Gasteiger partial charge in [-0.05, 0) is 43.0 Å². The number of imidazole rings is 1. The molecule has 2 fully saturated rings. The molecule has 0 spiro atoms. The summed E-state index contributed by atoms with van der Waals surface area (Å²) in [6.07, 6.45) is 7.50. The van der Waals surface area contributed by atoms with Crippen LogP contribution in [0.5, 0.6) is 0 Å². The molecular formula is C23H27N3O3. The molecule has 0 bridgehead atoms. The maximum Gasteiger partial charge on any atom is 0.157 e. The lowest BCUT2D eigenvalue weighted by Gasteiger charge is -2.40. The van der Waals surface area contributed by atoms with Crippen LogP contribution in [0.2, 0.25) is 0 Å². The summed E-state index contributed by atoms with van der Waals surface area (Å²) in [5.41, 5.74) is 5.34. The zero-order valence-corrected chi connectivity index (χ0v) is 16.6. The topological polar surface area (TPSA) is 48.2 Å². The molecule has 3 aromatic rings. The van der Waals surface area contributed by atoms with Crippen molar-refractivity contribution >= 4 is 28.4 Å². The zero-order chi connectivity index (χ0) is 19.6. The van der Waals surface area contributed by atoms with E-state index in [2.05, 4.69) is 52.4 Å². The highest BCUT2D eigenvalue weighted by molar-refractivity contribution is 5.83. The third-order valence-corrected chi connectivity index (χ3v) is 5.74. The highest BCUT2D eigenvalue weighted by Crippen LogP contribution is 2.26. The molecule has 2 saturated heterocycles. The lowest BCUT2D eigenvalue weighted by molar-refractivity contribution is -0.171. The van der Waals surface area contributed by atoms with E-state index in [0.717, 1.165) is 54.8 Å². The van der Waals surface area contributed by atoms with Crippen LogP contribution >= 0.6 is 0 Å². The van der Waals surface area contributed by atoms with Crippen LogP contribution in [0.1, 0.15) is 24.8 Å². The van der Waals surface area contributed by atoms with Crippen LogP contribution in [0.3, 0.4) is 0 Å². The Bertz CT molecular complexity index is 1000. The average molecular weight is 393 g/mol. The lowest BCUT2D eigenvalue weighted by atomic mass is 10.1. The normalized spacial score (nSPS) is 20.3. The van der Waals surface area contributed by atoms with Gasteiger partial charge in [0.2, 0.25) is 0 Å². The first kappa shape index (κ1) is 18.6. The molecule has 6 nitrogen and oxygen atoms in total. The Morgan fingerprint density at radius 1 is 1.14 bits per heavy atom. The van der Waals surface area contributed by atoms with Gasteiger partial charge in [-0.2, -0.15) is 0 Å². The van der Waals surface area contributed by atoms with Crippen LogP contribution in [0, 0.1) is 0 Å². The molecule has 0 N–H and O–H groups in total. The molecular weight excluding hydrogens is 366 g/mol. The van der Waals surface area contributed by atoms with Gasteiger partial charge in [0.15, 0.2) is 6.29 Å². The molecule has 2 aliphatic rings. The van der Waals surface area contributed by atoms with E-state index >= 15 is 0 Å². The molecule has 6 heteroatoms. The number of ether oxygens (including phenoxy) is 3. The predicted octanol–water partition coefficient (Wildman–Crippen LogP) is 3.88. The lowest BCUT2D eigenvalue weighted by Crippen LogP contribution is -2.52. The van der Waals surface area contributed by atoms with Gasteiger partial charge in [-0.1, -0.05) is 18.7 Å². The Hall–Kier alpha value is -2.41. The fourth-order valence-corrected chi connectivity index (χ4v) is 4.04. The molecule has 1 unspecified atom stereocenters. The van der Waals surface area contributed by atoms with E-state index in [4.69, 9.17) is 19.2 Å². The summed E-state index contributed by atoms with van der Waals surface area (Å²) in [5, 5.41) is 0. The van der Waals surface area contributed by atoms with Gasteiger partial charge in [0.05, 0.1) is 30.4 Å². The van der Waals surface area contributed by atoms with Gasteiger partial charge in [-0.25, -0.2) is 4.98 Å². The van der Waals surface area contributed by atoms with E-state index in [1.165, 1.54) is 12.1 Å². The Kier molecular flexibility index (Phi) is 5.23. The Morgan fingerprint density at radius 2 is 2.03 bits per heavy atom. The van der Waals surface area contributed by atoms with E-state index in [-0.39, 0.29) is 12.4 Å². The van der Waals surface area contributed by atoms with Crippen LogP contribution in [0.4, 0.5) is 5.69 Å². The second-order valence-corrected chi connectivity index (χ2v) is 7.74. The smallest absolute Gasteiger partial charge is 0.157 e. The highest BCUT2D eigenvalue weighted by atomic mass is 16.7. The van der Waals surface area contributed by atoms with Gasteiger partial charge in [-0.15, -0.1) is 0 Å². The standard InChI is InChI=1S/C23H27N3O3/c1-2-17-6-7-21-20(13-17)24-22-14-18(8-9-26(21)22)25-15-19(16-25)27-11-12-29-23-5-3-4-10-28-23/h2,6-9,13-14,19,23H,1,3-5,10-12,15-16H2. The van der Waals surface area contributed by atoms with E-state index in [1.54, 1.807) is 0 Å². The summed E-state index contributed by atoms with van der Waals surface area (Å²) < 4.78 is 19.4. The average Bonchev–Trinajstić information content (AvgIpc) is 3.09. The van der Waals surface area contributed by atoms with Crippen LogP contribution in [0.25, 0.3) is 22.8 Å². The second kappa shape index (κ2) is 8.14. The molecule has 1 atom stereocenters. The molecule has 4 heterocycles. The van der Waals surface area contributed by atoms with Crippen molar-refractivity contribution in [2.75, 3.05) is 37.8 Å². The fraction of sp³-hybridized carbons (Fsp3) is 0.435. The van der Waals surface area contributed by atoms with Crippen molar-refractivity contribution in [3.8, 4) is 0 Å². The predicted molar refractivity (Wildman–Crippen MR) is 114 cm³/mol. The third-order valence-electron chi connectivity index (χ3n) is 5.74. The number of anilines is 1. The SMILES string of the molecule is C=Cc1ccc2c(c1)nc1cc(N3CC(OCCOC4CCCCO4)C3)ccn12. The summed E-state index contributed by atoms with van der Waals surface area (Å²) in [6.45, 7) is 7.67. The van der Waals surface area contributed by atoms with Crippen LogP contribution in [-0.4, -0.2) is 54.7 Å². The van der Waals surface area contributed by atoms with Gasteiger partial charge < -0.3 is 19.1 Å². The van der Waals surface area contributed by atoms with Crippen molar-refractivity contribution < 1.29 is 14.2 Å². The van der Waals surface area contributed by atoms with Crippen molar-refractivity contribution in [1.82, 2.24) is 9.38 Å². The molecule has 2 aliphatic heterocycles. The van der Waals surface area contributed by atoms with E-state index in [0.29, 0.717) is 13.2 Å². The van der Waals surface area contributed by atoms with Crippen molar-refractivity contribution in [2.45, 2.75) is 31.7 Å². The van der Waals surface area contributed by atoms with Gasteiger partial charge in [0.25, 0.3) is 0 Å². The number of aromatic nitrogens is 2. The molecule has 0 saturated carbocycles. The number of pyridine rings is 1. The Labute approximate surface area is 170 Å². The van der Waals surface area contributed by atoms with Crippen LogP contribution < -0.4 is 4.90 Å². The number of hydrogen-bond acceptors (Lipinski definition) is 5. The van der Waals surface area contributed by atoms with Gasteiger partial charge in [0.1, 0.15) is 5.65 Å². The Morgan fingerprint density at radius 3 is 2.86 bits per heavy atom. The molecule has 1 aromatic carbocycles. The quantitative estimate of drug-likeness (QED) is 0.570. The molecule has 0 aliphatic carbocycles. The van der Waals surface area contributed by atoms with E-state index in [9.17, 15) is 0 Å². The third kappa shape index (κ3) is 3.88. The minimum atomic E-state index is -0.0374.